The lowest BCUT2D eigenvalue weighted by atomic mass is 10.1. The molecule has 23 heavy (non-hydrogen) atoms. The minimum Gasteiger partial charge on any atom is -0.357 e. The topological polar surface area (TPSA) is 62.7 Å². The lowest BCUT2D eigenvalue weighted by molar-refractivity contribution is 0.0940. The van der Waals surface area contributed by atoms with Crippen LogP contribution < -0.4 is 5.32 Å². The van der Waals surface area contributed by atoms with E-state index in [1.807, 2.05) is 37.0 Å². The number of nitrogens with zero attached hydrogens (tertiary/aromatic N) is 2. The van der Waals surface area contributed by atoms with E-state index < -0.39 is 5.82 Å². The summed E-state index contributed by atoms with van der Waals surface area (Å²) in [5.74, 6) is -0.699. The Balaban J connectivity index is 1.84. The average molecular weight is 312 g/mol. The molecule has 3 rings (SSSR count). The molecule has 0 radical (unpaired) electrons. The molecule has 0 aliphatic carbocycles. The van der Waals surface area contributed by atoms with E-state index in [0.717, 1.165) is 5.56 Å². The van der Waals surface area contributed by atoms with Crippen molar-refractivity contribution >= 4 is 5.91 Å². The number of hydrogen-bond acceptors (Lipinski definition) is 2. The molecule has 0 aliphatic rings. The lowest BCUT2D eigenvalue weighted by Crippen LogP contribution is -2.26. The summed E-state index contributed by atoms with van der Waals surface area (Å²) in [4.78, 5) is 12.5. The standard InChI is InChI=1S/C17H17FN4O/c1-11(12-7-8-22(2)10-12)20-17(23)14-9-19-21-16(14)13-5-3-4-6-15(13)18/h3-11H,1-2H3,(H,19,21)(H,20,23). The summed E-state index contributed by atoms with van der Waals surface area (Å²) in [5, 5.41) is 9.50. The molecule has 0 fully saturated rings. The number of aromatic nitrogens is 3. The molecule has 1 atom stereocenters. The van der Waals surface area contributed by atoms with Gasteiger partial charge in [-0.1, -0.05) is 12.1 Å². The summed E-state index contributed by atoms with van der Waals surface area (Å²) in [6, 6.07) is 8.06. The van der Waals surface area contributed by atoms with E-state index >= 15 is 0 Å². The van der Waals surface area contributed by atoms with Crippen LogP contribution in [0.15, 0.2) is 48.9 Å². The highest BCUT2D eigenvalue weighted by atomic mass is 19.1. The summed E-state index contributed by atoms with van der Waals surface area (Å²) in [5.41, 5.74) is 2.01. The molecule has 0 bridgehead atoms. The van der Waals surface area contributed by atoms with Crippen molar-refractivity contribution in [1.29, 1.82) is 0 Å². The largest absolute Gasteiger partial charge is 0.357 e. The van der Waals surface area contributed by atoms with E-state index in [2.05, 4.69) is 15.5 Å². The van der Waals surface area contributed by atoms with E-state index in [1.54, 1.807) is 18.2 Å². The maximum absolute atomic E-state index is 13.9. The van der Waals surface area contributed by atoms with Gasteiger partial charge in [-0.2, -0.15) is 5.10 Å². The van der Waals surface area contributed by atoms with Crippen molar-refractivity contribution in [3.63, 3.8) is 0 Å². The quantitative estimate of drug-likeness (QED) is 0.778. The SMILES string of the molecule is CC(NC(=O)c1cn[nH]c1-c1ccccc1F)c1ccn(C)c1. The molecular formula is C17H17FN4O. The Bertz CT molecular complexity index is 836. The average Bonchev–Trinajstić information content (AvgIpc) is 3.16. The molecule has 0 spiro atoms. The van der Waals surface area contributed by atoms with Crippen molar-refractivity contribution in [3.05, 3.63) is 65.9 Å². The number of H-pyrrole nitrogens is 1. The molecule has 1 unspecified atom stereocenters. The van der Waals surface area contributed by atoms with Crippen LogP contribution in [0.2, 0.25) is 0 Å². The maximum atomic E-state index is 13.9. The number of aryl methyl sites for hydroxylation is 1. The van der Waals surface area contributed by atoms with Gasteiger partial charge in [0, 0.05) is 25.0 Å². The van der Waals surface area contributed by atoms with Crippen molar-refractivity contribution in [2.24, 2.45) is 7.05 Å². The number of carbonyl (C=O) groups is 1. The van der Waals surface area contributed by atoms with E-state index in [9.17, 15) is 9.18 Å². The van der Waals surface area contributed by atoms with Crippen LogP contribution in [-0.4, -0.2) is 20.7 Å². The number of rotatable bonds is 4. The predicted octanol–water partition coefficient (Wildman–Crippen LogP) is 3.05. The Labute approximate surface area is 133 Å². The molecule has 118 valence electrons. The number of aromatic amines is 1. The fourth-order valence-corrected chi connectivity index (χ4v) is 2.47. The van der Waals surface area contributed by atoms with Crippen LogP contribution in [0.3, 0.4) is 0 Å². The van der Waals surface area contributed by atoms with Crippen molar-refractivity contribution in [2.75, 3.05) is 0 Å². The van der Waals surface area contributed by atoms with Crippen molar-refractivity contribution in [3.8, 4) is 11.3 Å². The third-order valence-electron chi connectivity index (χ3n) is 3.73. The van der Waals surface area contributed by atoms with Crippen LogP contribution in [0.1, 0.15) is 28.9 Å². The van der Waals surface area contributed by atoms with Crippen LogP contribution in [-0.2, 0) is 7.05 Å². The Morgan fingerprint density at radius 1 is 1.35 bits per heavy atom. The number of carbonyl (C=O) groups excluding carboxylic acids is 1. The Morgan fingerprint density at radius 3 is 2.83 bits per heavy atom. The summed E-state index contributed by atoms with van der Waals surface area (Å²) in [6.07, 6.45) is 5.27. The Kier molecular flexibility index (Phi) is 3.97. The Hall–Kier alpha value is -2.89. The number of benzene rings is 1. The first-order chi connectivity index (χ1) is 11.1. The summed E-state index contributed by atoms with van der Waals surface area (Å²) in [7, 11) is 1.92. The van der Waals surface area contributed by atoms with E-state index in [-0.39, 0.29) is 11.9 Å². The second kappa shape index (κ2) is 6.08. The van der Waals surface area contributed by atoms with Gasteiger partial charge in [-0.15, -0.1) is 0 Å². The van der Waals surface area contributed by atoms with Gasteiger partial charge in [0.05, 0.1) is 23.5 Å². The third-order valence-corrected chi connectivity index (χ3v) is 3.73. The first kappa shape index (κ1) is 15.0. The molecule has 0 saturated carbocycles. The smallest absolute Gasteiger partial charge is 0.255 e. The molecule has 0 aliphatic heterocycles. The van der Waals surface area contributed by atoms with Crippen LogP contribution in [0.5, 0.6) is 0 Å². The number of nitrogens with one attached hydrogen (secondary N) is 2. The van der Waals surface area contributed by atoms with E-state index in [4.69, 9.17) is 0 Å². The van der Waals surface area contributed by atoms with Gasteiger partial charge >= 0.3 is 0 Å². The van der Waals surface area contributed by atoms with Gasteiger partial charge < -0.3 is 9.88 Å². The fraction of sp³-hybridized carbons (Fsp3) is 0.176. The van der Waals surface area contributed by atoms with Crippen LogP contribution in [0.4, 0.5) is 4.39 Å². The molecule has 3 aromatic rings. The molecule has 6 heteroatoms. The normalized spacial score (nSPS) is 12.1. The monoisotopic (exact) mass is 312 g/mol. The fourth-order valence-electron chi connectivity index (χ4n) is 2.47. The minimum absolute atomic E-state index is 0.160. The highest BCUT2D eigenvalue weighted by Gasteiger charge is 2.19. The predicted molar refractivity (Wildman–Crippen MR) is 85.3 cm³/mol. The molecule has 2 heterocycles. The van der Waals surface area contributed by atoms with Crippen molar-refractivity contribution in [1.82, 2.24) is 20.1 Å². The van der Waals surface area contributed by atoms with Gasteiger partial charge in [0.1, 0.15) is 5.82 Å². The first-order valence-electron chi connectivity index (χ1n) is 7.27. The summed E-state index contributed by atoms with van der Waals surface area (Å²) < 4.78 is 15.9. The number of halogens is 1. The maximum Gasteiger partial charge on any atom is 0.255 e. The van der Waals surface area contributed by atoms with Gasteiger partial charge in [-0.3, -0.25) is 9.89 Å². The molecule has 2 N–H and O–H groups in total. The van der Waals surface area contributed by atoms with E-state index in [1.165, 1.54) is 12.3 Å². The second-order valence-corrected chi connectivity index (χ2v) is 5.44. The van der Waals surface area contributed by atoms with Crippen LogP contribution in [0, 0.1) is 5.82 Å². The lowest BCUT2D eigenvalue weighted by Gasteiger charge is -2.13. The third kappa shape index (κ3) is 3.01. The van der Waals surface area contributed by atoms with Crippen molar-refractivity contribution in [2.45, 2.75) is 13.0 Å². The highest BCUT2D eigenvalue weighted by molar-refractivity contribution is 5.99. The molecule has 1 aromatic carbocycles. The Morgan fingerprint density at radius 2 is 2.13 bits per heavy atom. The van der Waals surface area contributed by atoms with Gasteiger partial charge in [0.15, 0.2) is 0 Å². The second-order valence-electron chi connectivity index (χ2n) is 5.44. The molecule has 5 nitrogen and oxygen atoms in total. The van der Waals surface area contributed by atoms with Gasteiger partial charge in [0.25, 0.3) is 5.91 Å². The van der Waals surface area contributed by atoms with Gasteiger partial charge in [-0.25, -0.2) is 4.39 Å². The summed E-state index contributed by atoms with van der Waals surface area (Å²) in [6.45, 7) is 1.90. The zero-order chi connectivity index (χ0) is 16.4. The van der Waals surface area contributed by atoms with Crippen LogP contribution >= 0.6 is 0 Å². The highest BCUT2D eigenvalue weighted by Crippen LogP contribution is 2.24. The minimum atomic E-state index is -0.401. The summed E-state index contributed by atoms with van der Waals surface area (Å²) >= 11 is 0. The molecule has 0 saturated heterocycles. The van der Waals surface area contributed by atoms with Gasteiger partial charge in [0.2, 0.25) is 0 Å². The zero-order valence-corrected chi connectivity index (χ0v) is 12.9. The van der Waals surface area contributed by atoms with Crippen LogP contribution in [0.25, 0.3) is 11.3 Å². The molecule has 2 aromatic heterocycles. The first-order valence-corrected chi connectivity index (χ1v) is 7.27. The molecular weight excluding hydrogens is 295 g/mol. The zero-order valence-electron chi connectivity index (χ0n) is 12.9. The van der Waals surface area contributed by atoms with E-state index in [0.29, 0.717) is 16.8 Å². The van der Waals surface area contributed by atoms with Gasteiger partial charge in [-0.05, 0) is 30.7 Å². The number of amides is 1. The number of hydrogen-bond donors (Lipinski definition) is 2. The van der Waals surface area contributed by atoms with Crippen molar-refractivity contribution < 1.29 is 9.18 Å². The molecule has 1 amide bonds.